The molecule has 1 aromatic carbocycles. The van der Waals surface area contributed by atoms with Crippen LogP contribution in [0.15, 0.2) is 48.4 Å². The third-order valence-electron chi connectivity index (χ3n) is 6.22. The lowest BCUT2D eigenvalue weighted by Gasteiger charge is -2.31. The van der Waals surface area contributed by atoms with E-state index in [2.05, 4.69) is 20.6 Å². The molecule has 0 aliphatic heterocycles. The summed E-state index contributed by atoms with van der Waals surface area (Å²) in [6, 6.07) is 3.83. The molecule has 0 aliphatic carbocycles. The maximum atomic E-state index is 12.9. The number of unbranched alkanes of at least 4 members (excludes halogenated alkanes) is 1. The fourth-order valence-corrected chi connectivity index (χ4v) is 4.35. The summed E-state index contributed by atoms with van der Waals surface area (Å²) in [5, 5.41) is 17.9. The molecular formula is C27H34F3N5O4S. The number of benzene rings is 1. The molecule has 13 heteroatoms. The first-order valence-corrected chi connectivity index (χ1v) is 13.7. The first-order valence-electron chi connectivity index (χ1n) is 12.8. The van der Waals surface area contributed by atoms with Crippen molar-refractivity contribution in [2.45, 2.75) is 77.9 Å². The molecule has 0 aliphatic rings. The van der Waals surface area contributed by atoms with Crippen molar-refractivity contribution in [2.24, 2.45) is 5.41 Å². The van der Waals surface area contributed by atoms with E-state index >= 15 is 0 Å². The number of nitrogens with zero attached hydrogens (tertiary/aromatic N) is 3. The number of aliphatic hydroxyl groups is 1. The van der Waals surface area contributed by atoms with Gasteiger partial charge in [0.1, 0.15) is 6.10 Å². The molecule has 3 rings (SSSR count). The molecule has 2 amide bonds. The highest BCUT2D eigenvalue weighted by molar-refractivity contribution is 7.13. The number of alkyl carbamates (subject to hydrolysis) is 1. The molecule has 3 atom stereocenters. The zero-order valence-corrected chi connectivity index (χ0v) is 23.6. The zero-order chi connectivity index (χ0) is 29.5. The van der Waals surface area contributed by atoms with Gasteiger partial charge < -0.3 is 19.7 Å². The lowest BCUT2D eigenvalue weighted by molar-refractivity contribution is -0.137. The van der Waals surface area contributed by atoms with Gasteiger partial charge in [-0.15, -0.1) is 11.3 Å². The molecule has 2 aromatic heterocycles. The lowest BCUT2D eigenvalue weighted by atomic mass is 9.89. The molecule has 0 bridgehead atoms. The zero-order valence-electron chi connectivity index (χ0n) is 22.7. The van der Waals surface area contributed by atoms with Gasteiger partial charge in [-0.3, -0.25) is 10.1 Å². The second-order valence-corrected chi connectivity index (χ2v) is 11.3. The second-order valence-electron chi connectivity index (χ2n) is 10.5. The van der Waals surface area contributed by atoms with Crippen LogP contribution in [0.25, 0.3) is 11.3 Å². The van der Waals surface area contributed by atoms with Crippen molar-refractivity contribution in [3.63, 3.8) is 0 Å². The first-order chi connectivity index (χ1) is 18.8. The predicted octanol–water partition coefficient (Wildman–Crippen LogP) is 5.72. The van der Waals surface area contributed by atoms with Crippen molar-refractivity contribution in [3.8, 4) is 11.3 Å². The van der Waals surface area contributed by atoms with Crippen molar-refractivity contribution in [2.75, 3.05) is 5.32 Å². The van der Waals surface area contributed by atoms with Gasteiger partial charge in [0.25, 0.3) is 5.91 Å². The average molecular weight is 582 g/mol. The molecule has 0 radical (unpaired) electrons. The molecule has 218 valence electrons. The smallest absolute Gasteiger partial charge is 0.416 e. The fourth-order valence-electron chi connectivity index (χ4n) is 3.81. The van der Waals surface area contributed by atoms with Crippen LogP contribution in [0, 0.1) is 5.41 Å². The highest BCUT2D eigenvalue weighted by atomic mass is 32.1. The summed E-state index contributed by atoms with van der Waals surface area (Å²) in [6.07, 6.45) is -0.851. The number of amides is 2. The number of alkyl halides is 3. The van der Waals surface area contributed by atoms with Gasteiger partial charge >= 0.3 is 12.3 Å². The summed E-state index contributed by atoms with van der Waals surface area (Å²) >= 11 is 1.21. The molecule has 3 N–H and O–H groups in total. The largest absolute Gasteiger partial charge is 0.444 e. The predicted molar refractivity (Wildman–Crippen MR) is 146 cm³/mol. The molecule has 0 saturated carbocycles. The van der Waals surface area contributed by atoms with E-state index in [1.807, 2.05) is 27.7 Å². The molecule has 3 aromatic rings. The Morgan fingerprint density at radius 3 is 2.42 bits per heavy atom. The molecular weight excluding hydrogens is 547 g/mol. The lowest BCUT2D eigenvalue weighted by Crippen LogP contribution is -2.50. The molecule has 2 heterocycles. The van der Waals surface area contributed by atoms with Crippen LogP contribution in [-0.2, 0) is 22.3 Å². The van der Waals surface area contributed by atoms with Crippen LogP contribution in [-0.4, -0.2) is 49.9 Å². The van der Waals surface area contributed by atoms with Gasteiger partial charge in [0.05, 0.1) is 30.2 Å². The Kier molecular flexibility index (Phi) is 10.3. The number of carbonyl (C=O) groups excluding carboxylic acids is 2. The van der Waals surface area contributed by atoms with E-state index < -0.39 is 47.4 Å². The van der Waals surface area contributed by atoms with E-state index in [1.54, 1.807) is 16.1 Å². The number of aliphatic hydroxyl groups excluding tert-OH is 1. The van der Waals surface area contributed by atoms with Crippen LogP contribution < -0.4 is 10.6 Å². The molecule has 40 heavy (non-hydrogen) atoms. The van der Waals surface area contributed by atoms with Crippen LogP contribution in [0.2, 0.25) is 0 Å². The Morgan fingerprint density at radius 1 is 1.15 bits per heavy atom. The van der Waals surface area contributed by atoms with Gasteiger partial charge in [0.15, 0.2) is 11.2 Å². The van der Waals surface area contributed by atoms with E-state index in [9.17, 15) is 27.9 Å². The Morgan fingerprint density at radius 2 is 1.85 bits per heavy atom. The molecule has 0 fully saturated rings. The summed E-state index contributed by atoms with van der Waals surface area (Å²) in [5.74, 6) is -0.682. The van der Waals surface area contributed by atoms with E-state index in [4.69, 9.17) is 4.74 Å². The third-order valence-corrected chi connectivity index (χ3v) is 6.91. The summed E-state index contributed by atoms with van der Waals surface area (Å²) in [7, 11) is 0. The Bertz CT molecular complexity index is 1240. The minimum absolute atomic E-state index is 0.220. The average Bonchev–Trinajstić information content (AvgIpc) is 3.57. The highest BCUT2D eigenvalue weighted by Gasteiger charge is 2.33. The van der Waals surface area contributed by atoms with Gasteiger partial charge in [0.2, 0.25) is 0 Å². The van der Waals surface area contributed by atoms with Crippen molar-refractivity contribution in [1.29, 1.82) is 0 Å². The van der Waals surface area contributed by atoms with Crippen molar-refractivity contribution in [1.82, 2.24) is 19.9 Å². The van der Waals surface area contributed by atoms with Crippen LogP contribution in [0.5, 0.6) is 0 Å². The fraction of sp³-hybridized carbons (Fsp3) is 0.481. The minimum atomic E-state index is -4.42. The van der Waals surface area contributed by atoms with E-state index in [1.165, 1.54) is 36.0 Å². The maximum Gasteiger partial charge on any atom is 0.416 e. The Hall–Kier alpha value is -3.45. The van der Waals surface area contributed by atoms with E-state index in [-0.39, 0.29) is 6.54 Å². The molecule has 9 nitrogen and oxygen atoms in total. The number of thiazole rings is 1. The number of halogens is 3. The standard InChI is InChI=1S/C27H34F3N5O4S/c1-5-6-7-19(22(36)23(37)34-24-31-12-13-40-24)33-25(38)39-21(26(2,3)4)15-35-14-20(32-16-35)17-8-10-18(11-9-17)27(28,29)30/h8-14,16,19,21-22,36H,5-7,15H2,1-4H3,(H,33,38)(H,31,34,37)/t19-,21+,22-/m0/s1. The van der Waals surface area contributed by atoms with Crippen LogP contribution in [0.1, 0.15) is 52.5 Å². The van der Waals surface area contributed by atoms with Crippen LogP contribution >= 0.6 is 11.3 Å². The monoisotopic (exact) mass is 581 g/mol. The van der Waals surface area contributed by atoms with E-state index in [0.717, 1.165) is 18.6 Å². The third kappa shape index (κ3) is 8.78. The van der Waals surface area contributed by atoms with Gasteiger partial charge in [0, 0.05) is 28.8 Å². The number of hydrogen-bond acceptors (Lipinski definition) is 7. The minimum Gasteiger partial charge on any atom is -0.444 e. The van der Waals surface area contributed by atoms with Gasteiger partial charge in [-0.05, 0) is 18.6 Å². The number of imidazole rings is 1. The summed E-state index contributed by atoms with van der Waals surface area (Å²) in [6.45, 7) is 7.85. The van der Waals surface area contributed by atoms with Crippen molar-refractivity contribution >= 4 is 28.5 Å². The molecule has 0 unspecified atom stereocenters. The maximum absolute atomic E-state index is 12.9. The van der Waals surface area contributed by atoms with E-state index in [0.29, 0.717) is 29.2 Å². The number of anilines is 1. The summed E-state index contributed by atoms with van der Waals surface area (Å²) in [5.41, 5.74) is -0.261. The Labute approximate surface area is 234 Å². The van der Waals surface area contributed by atoms with Gasteiger partial charge in [-0.2, -0.15) is 13.2 Å². The molecule has 0 spiro atoms. The number of nitrogens with one attached hydrogen (secondary N) is 2. The number of hydrogen-bond donors (Lipinski definition) is 3. The van der Waals surface area contributed by atoms with Crippen LogP contribution in [0.3, 0.4) is 0 Å². The van der Waals surface area contributed by atoms with Gasteiger partial charge in [-0.1, -0.05) is 52.7 Å². The first kappa shape index (κ1) is 31.1. The highest BCUT2D eigenvalue weighted by Crippen LogP contribution is 2.31. The van der Waals surface area contributed by atoms with Gasteiger partial charge in [-0.25, -0.2) is 14.8 Å². The normalized spacial score (nSPS) is 14.3. The molecule has 0 saturated heterocycles. The number of aromatic nitrogens is 3. The second kappa shape index (κ2) is 13.3. The van der Waals surface area contributed by atoms with Crippen molar-refractivity contribution < 1.29 is 32.6 Å². The number of rotatable bonds is 11. The summed E-state index contributed by atoms with van der Waals surface area (Å²) in [4.78, 5) is 33.8. The summed E-state index contributed by atoms with van der Waals surface area (Å²) < 4.78 is 46.1. The van der Waals surface area contributed by atoms with Crippen LogP contribution in [0.4, 0.5) is 23.1 Å². The topological polar surface area (TPSA) is 118 Å². The number of carbonyl (C=O) groups is 2. The quantitative estimate of drug-likeness (QED) is 0.266. The van der Waals surface area contributed by atoms with Crippen molar-refractivity contribution in [3.05, 3.63) is 53.9 Å². The Balaban J connectivity index is 1.67. The SMILES string of the molecule is CCCC[C@H](NC(=O)O[C@H](Cn1cnc(-c2ccc(C(F)(F)F)cc2)c1)C(C)(C)C)[C@H](O)C(=O)Nc1nccs1. The number of ether oxygens (including phenoxy) is 1.